The van der Waals surface area contributed by atoms with Gasteiger partial charge in [-0.1, -0.05) is 59.3 Å². The number of hydrogen-bond acceptors (Lipinski definition) is 4. The Labute approximate surface area is 206 Å². The molecular formula is C30H48O4. The zero-order valence-electron chi connectivity index (χ0n) is 22.3. The third-order valence-corrected chi connectivity index (χ3v) is 12.7. The maximum atomic E-state index is 11.7. The van der Waals surface area contributed by atoms with Gasteiger partial charge in [0.2, 0.25) is 0 Å². The van der Waals surface area contributed by atoms with Crippen LogP contribution < -0.4 is 0 Å². The molecule has 4 N–H and O–H groups in total. The molecule has 0 aromatic rings. The van der Waals surface area contributed by atoms with Crippen LogP contribution in [0.1, 0.15) is 92.9 Å². The second-order valence-electron chi connectivity index (χ2n) is 14.7. The lowest BCUT2D eigenvalue weighted by molar-refractivity contribution is -0.203. The summed E-state index contributed by atoms with van der Waals surface area (Å²) in [5.41, 5.74) is 1.75. The van der Waals surface area contributed by atoms with Crippen LogP contribution in [0, 0.1) is 44.3 Å². The molecule has 5 rings (SSSR count). The predicted molar refractivity (Wildman–Crippen MR) is 135 cm³/mol. The van der Waals surface area contributed by atoms with Crippen LogP contribution >= 0.6 is 0 Å². The fourth-order valence-electron chi connectivity index (χ4n) is 10.1. The van der Waals surface area contributed by atoms with Gasteiger partial charge in [-0.25, -0.2) is 0 Å². The van der Waals surface area contributed by atoms with Crippen LogP contribution in [-0.2, 0) is 0 Å². The van der Waals surface area contributed by atoms with Crippen molar-refractivity contribution >= 4 is 0 Å². The van der Waals surface area contributed by atoms with Crippen LogP contribution in [-0.4, -0.2) is 45.8 Å². The van der Waals surface area contributed by atoms with Crippen molar-refractivity contribution < 1.29 is 20.4 Å². The van der Waals surface area contributed by atoms with E-state index in [0.717, 1.165) is 44.9 Å². The molecule has 9 atom stereocenters. The molecule has 5 aliphatic rings. The molecule has 192 valence electrons. The standard InChI is InChI=1S/C30H48O4/c1-25(2)13-14-30(18-32)20(15-25)19-7-8-22-26(3)11-10-23(33)27(4,17-31)21(26)9-12-28(22,5)29(19,6)16-24(30)34/h7-8,21-24,31-34H,9-18H2,1-6H3/t21-,22-,23+,24+,26-,27-,28+,29+,30+/m1/s1. The summed E-state index contributed by atoms with van der Waals surface area (Å²) in [6.45, 7) is 14.1. The smallest absolute Gasteiger partial charge is 0.0664 e. The summed E-state index contributed by atoms with van der Waals surface area (Å²) >= 11 is 0. The van der Waals surface area contributed by atoms with Gasteiger partial charge in [0.05, 0.1) is 25.4 Å². The average molecular weight is 473 g/mol. The third kappa shape index (κ3) is 2.86. The highest BCUT2D eigenvalue weighted by molar-refractivity contribution is 5.47. The van der Waals surface area contributed by atoms with E-state index >= 15 is 0 Å². The lowest BCUT2D eigenvalue weighted by Gasteiger charge is -2.70. The van der Waals surface area contributed by atoms with Crippen molar-refractivity contribution in [3.8, 4) is 0 Å². The van der Waals surface area contributed by atoms with E-state index in [1.165, 1.54) is 11.1 Å². The van der Waals surface area contributed by atoms with Crippen molar-refractivity contribution in [1.29, 1.82) is 0 Å². The number of rotatable bonds is 2. The molecule has 0 aromatic heterocycles. The normalized spacial score (nSPS) is 54.1. The Bertz CT molecular complexity index is 921. The quantitative estimate of drug-likeness (QED) is 0.456. The van der Waals surface area contributed by atoms with Crippen LogP contribution in [0.15, 0.2) is 23.3 Å². The van der Waals surface area contributed by atoms with Crippen LogP contribution in [0.25, 0.3) is 0 Å². The minimum Gasteiger partial charge on any atom is -0.396 e. The lowest BCUT2D eigenvalue weighted by atomic mass is 9.35. The molecule has 4 nitrogen and oxygen atoms in total. The first kappa shape index (κ1) is 25.0. The van der Waals surface area contributed by atoms with Crippen molar-refractivity contribution in [3.05, 3.63) is 23.3 Å². The third-order valence-electron chi connectivity index (χ3n) is 12.7. The van der Waals surface area contributed by atoms with Gasteiger partial charge in [0, 0.05) is 16.2 Å². The topological polar surface area (TPSA) is 80.9 Å². The van der Waals surface area contributed by atoms with Crippen LogP contribution in [0.2, 0.25) is 0 Å². The van der Waals surface area contributed by atoms with Gasteiger partial charge in [-0.3, -0.25) is 0 Å². The molecule has 0 aromatic carbocycles. The first-order valence-electron chi connectivity index (χ1n) is 13.7. The average Bonchev–Trinajstić information content (AvgIpc) is 2.77. The van der Waals surface area contributed by atoms with Crippen molar-refractivity contribution in [1.82, 2.24) is 0 Å². The Morgan fingerprint density at radius 3 is 2.21 bits per heavy atom. The molecule has 0 bridgehead atoms. The molecule has 3 saturated carbocycles. The maximum absolute atomic E-state index is 11.7. The van der Waals surface area contributed by atoms with Gasteiger partial charge < -0.3 is 20.4 Å². The Balaban J connectivity index is 1.68. The van der Waals surface area contributed by atoms with Gasteiger partial charge in [-0.05, 0) is 85.0 Å². The van der Waals surface area contributed by atoms with Gasteiger partial charge in [0.25, 0.3) is 0 Å². The molecule has 3 fully saturated rings. The van der Waals surface area contributed by atoms with Crippen molar-refractivity contribution in [2.24, 2.45) is 44.3 Å². The zero-order chi connectivity index (χ0) is 24.9. The van der Waals surface area contributed by atoms with E-state index < -0.39 is 23.0 Å². The first-order chi connectivity index (χ1) is 15.7. The van der Waals surface area contributed by atoms with Crippen molar-refractivity contribution in [2.75, 3.05) is 13.2 Å². The Morgan fingerprint density at radius 1 is 0.853 bits per heavy atom. The highest BCUT2D eigenvalue weighted by Gasteiger charge is 2.68. The highest BCUT2D eigenvalue weighted by atomic mass is 16.3. The summed E-state index contributed by atoms with van der Waals surface area (Å²) in [7, 11) is 0. The summed E-state index contributed by atoms with van der Waals surface area (Å²) < 4.78 is 0. The van der Waals surface area contributed by atoms with E-state index in [4.69, 9.17) is 0 Å². The van der Waals surface area contributed by atoms with Gasteiger partial charge in [0.15, 0.2) is 0 Å². The van der Waals surface area contributed by atoms with Gasteiger partial charge in [-0.15, -0.1) is 0 Å². The van der Waals surface area contributed by atoms with Crippen LogP contribution in [0.5, 0.6) is 0 Å². The van der Waals surface area contributed by atoms with E-state index in [1.54, 1.807) is 0 Å². The monoisotopic (exact) mass is 472 g/mol. The number of aliphatic hydroxyl groups is 4. The molecule has 0 amide bonds. The summed E-state index contributed by atoms with van der Waals surface area (Å²) in [5.74, 6) is 0.602. The molecule has 0 spiro atoms. The molecule has 0 unspecified atom stereocenters. The highest BCUT2D eigenvalue weighted by Crippen LogP contribution is 2.74. The molecule has 0 saturated heterocycles. The number of allylic oxidation sites excluding steroid dienone is 3. The summed E-state index contributed by atoms with van der Waals surface area (Å²) in [6.07, 6.45) is 11.1. The van der Waals surface area contributed by atoms with Crippen molar-refractivity contribution in [3.63, 3.8) is 0 Å². The number of hydrogen-bond donors (Lipinski definition) is 4. The van der Waals surface area contributed by atoms with Crippen LogP contribution in [0.4, 0.5) is 0 Å². The van der Waals surface area contributed by atoms with E-state index in [0.29, 0.717) is 12.3 Å². The lowest BCUT2D eigenvalue weighted by Crippen LogP contribution is -2.65. The fourth-order valence-corrected chi connectivity index (χ4v) is 10.1. The molecule has 0 aliphatic heterocycles. The molecule has 34 heavy (non-hydrogen) atoms. The van der Waals surface area contributed by atoms with E-state index in [-0.39, 0.29) is 40.8 Å². The van der Waals surface area contributed by atoms with E-state index in [1.807, 2.05) is 0 Å². The number of aliphatic hydroxyl groups excluding tert-OH is 4. The molecular weight excluding hydrogens is 424 g/mol. The SMILES string of the molecule is CC1(C)CC[C@]2(CO)C(=C3C=C[C@@H]4[C@]5(C)CC[C@H](O)[C@](C)(CO)[C@@H]5CC[C@]4(C)[C@@]3(C)C[C@@H]2O)C1. The Kier molecular flexibility index (Phi) is 5.46. The van der Waals surface area contributed by atoms with Gasteiger partial charge >= 0.3 is 0 Å². The molecule has 5 aliphatic carbocycles. The molecule has 0 heterocycles. The van der Waals surface area contributed by atoms with Crippen LogP contribution in [0.3, 0.4) is 0 Å². The van der Waals surface area contributed by atoms with Gasteiger partial charge in [0.1, 0.15) is 0 Å². The zero-order valence-corrected chi connectivity index (χ0v) is 22.3. The minimum absolute atomic E-state index is 0.00171. The molecule has 0 radical (unpaired) electrons. The minimum atomic E-state index is -0.525. The fraction of sp³-hybridized carbons (Fsp3) is 0.867. The molecule has 4 heteroatoms. The van der Waals surface area contributed by atoms with E-state index in [9.17, 15) is 20.4 Å². The summed E-state index contributed by atoms with van der Waals surface area (Å²) in [5, 5.41) is 43.6. The summed E-state index contributed by atoms with van der Waals surface area (Å²) in [6, 6.07) is 0. The second kappa shape index (κ2) is 7.43. The predicted octanol–water partition coefficient (Wildman–Crippen LogP) is 5.00. The second-order valence-corrected chi connectivity index (χ2v) is 14.7. The van der Waals surface area contributed by atoms with Gasteiger partial charge in [-0.2, -0.15) is 0 Å². The summed E-state index contributed by atoms with van der Waals surface area (Å²) in [4.78, 5) is 0. The van der Waals surface area contributed by atoms with Crippen molar-refractivity contribution in [2.45, 2.75) is 105 Å². The number of fused-ring (bicyclic) bond motifs is 6. The maximum Gasteiger partial charge on any atom is 0.0664 e. The Morgan fingerprint density at radius 2 is 1.56 bits per heavy atom. The largest absolute Gasteiger partial charge is 0.396 e. The Hall–Kier alpha value is -0.680. The first-order valence-corrected chi connectivity index (χ1v) is 13.7. The van der Waals surface area contributed by atoms with E-state index in [2.05, 4.69) is 53.7 Å².